The zero-order chi connectivity index (χ0) is 22.0. The van der Waals surface area contributed by atoms with Crippen LogP contribution in [-0.2, 0) is 27.8 Å². The lowest BCUT2D eigenvalue weighted by Gasteiger charge is -2.29. The monoisotopic (exact) mass is 439 g/mol. The summed E-state index contributed by atoms with van der Waals surface area (Å²) < 4.78 is 23.3. The number of nitrogens with two attached hydrogens (primary N) is 1. The maximum absolute atomic E-state index is 11.7. The summed E-state index contributed by atoms with van der Waals surface area (Å²) in [6.07, 6.45) is 2.14. The number of hydrogen-bond donors (Lipinski definition) is 3. The van der Waals surface area contributed by atoms with Crippen molar-refractivity contribution in [3.8, 4) is 0 Å². The van der Waals surface area contributed by atoms with Gasteiger partial charge in [-0.3, -0.25) is 4.79 Å². The molecule has 0 spiro atoms. The van der Waals surface area contributed by atoms with Crippen LogP contribution in [0.25, 0.3) is 0 Å². The number of sulfonamides is 1. The number of anilines is 4. The molecule has 10 nitrogen and oxygen atoms in total. The summed E-state index contributed by atoms with van der Waals surface area (Å²) in [7, 11) is -3.77. The van der Waals surface area contributed by atoms with Crippen molar-refractivity contribution in [2.75, 3.05) is 22.1 Å². The summed E-state index contributed by atoms with van der Waals surface area (Å²) in [6.45, 7) is 2.59. The summed E-state index contributed by atoms with van der Waals surface area (Å²) in [6, 6.07) is 12.1. The zero-order valence-corrected chi connectivity index (χ0v) is 17.6. The first-order valence-electron chi connectivity index (χ1n) is 9.51. The van der Waals surface area contributed by atoms with E-state index in [1.165, 1.54) is 19.3 Å². The van der Waals surface area contributed by atoms with E-state index in [-0.39, 0.29) is 10.8 Å². The van der Waals surface area contributed by atoms with Crippen LogP contribution in [0.4, 0.5) is 23.3 Å². The largest absolute Gasteiger partial charge is 0.336 e. The number of carbonyl (C=O) groups is 1. The Balaban J connectivity index is 1.53. The van der Waals surface area contributed by atoms with E-state index in [1.54, 1.807) is 30.3 Å². The topological polar surface area (TPSA) is 143 Å². The fraction of sp³-hybridized carbons (Fsp3) is 0.200. The van der Waals surface area contributed by atoms with Crippen molar-refractivity contribution in [3.63, 3.8) is 0 Å². The lowest BCUT2D eigenvalue weighted by atomic mass is 10.0. The fourth-order valence-corrected chi connectivity index (χ4v) is 3.95. The van der Waals surface area contributed by atoms with Crippen molar-refractivity contribution in [2.45, 2.75) is 24.8 Å². The number of nitrogens with zero attached hydrogens (tertiary/aromatic N) is 4. The molecule has 0 bridgehead atoms. The lowest BCUT2D eigenvalue weighted by Crippen LogP contribution is -2.32. The van der Waals surface area contributed by atoms with Crippen LogP contribution in [-0.4, -0.2) is 35.8 Å². The highest BCUT2D eigenvalue weighted by atomic mass is 32.2. The van der Waals surface area contributed by atoms with E-state index in [0.29, 0.717) is 36.4 Å². The predicted octanol–water partition coefficient (Wildman–Crippen LogP) is 1.78. The van der Waals surface area contributed by atoms with E-state index in [9.17, 15) is 13.2 Å². The van der Waals surface area contributed by atoms with Gasteiger partial charge in [-0.1, -0.05) is 12.1 Å². The highest BCUT2D eigenvalue weighted by molar-refractivity contribution is 7.89. The van der Waals surface area contributed by atoms with Gasteiger partial charge in [0.2, 0.25) is 27.8 Å². The highest BCUT2D eigenvalue weighted by Gasteiger charge is 2.21. The van der Waals surface area contributed by atoms with E-state index < -0.39 is 10.0 Å². The Bertz CT molecular complexity index is 1250. The SMILES string of the molecule is CC(=O)Nc1cccc(Nc2ncnc(N3CCc4ccc(S(N)(=O)=O)cc4C3)n2)c1. The average Bonchev–Trinajstić information content (AvgIpc) is 2.72. The van der Waals surface area contributed by atoms with Gasteiger partial charge in [-0.05, 0) is 47.9 Å². The Hall–Kier alpha value is -3.57. The molecule has 11 heteroatoms. The molecule has 1 amide bonds. The Kier molecular flexibility index (Phi) is 5.53. The van der Waals surface area contributed by atoms with Crippen molar-refractivity contribution in [1.82, 2.24) is 15.0 Å². The zero-order valence-electron chi connectivity index (χ0n) is 16.7. The van der Waals surface area contributed by atoms with Crippen LogP contribution in [0.5, 0.6) is 0 Å². The molecule has 0 radical (unpaired) electrons. The summed E-state index contributed by atoms with van der Waals surface area (Å²) >= 11 is 0. The molecule has 0 saturated carbocycles. The highest BCUT2D eigenvalue weighted by Crippen LogP contribution is 2.25. The maximum atomic E-state index is 11.7. The Labute approximate surface area is 179 Å². The Morgan fingerprint density at radius 1 is 1.10 bits per heavy atom. The van der Waals surface area contributed by atoms with Crippen LogP contribution in [0.15, 0.2) is 53.7 Å². The summed E-state index contributed by atoms with van der Waals surface area (Å²) in [4.78, 5) is 26.2. The van der Waals surface area contributed by atoms with E-state index in [4.69, 9.17) is 5.14 Å². The van der Waals surface area contributed by atoms with Crippen LogP contribution in [0.1, 0.15) is 18.1 Å². The number of primary sulfonamides is 1. The molecule has 160 valence electrons. The molecule has 4 N–H and O–H groups in total. The molecule has 0 saturated heterocycles. The van der Waals surface area contributed by atoms with Crippen molar-refractivity contribution >= 4 is 39.2 Å². The first kappa shape index (κ1) is 20.7. The van der Waals surface area contributed by atoms with Crippen molar-refractivity contribution in [2.24, 2.45) is 5.14 Å². The van der Waals surface area contributed by atoms with Gasteiger partial charge in [0, 0.05) is 31.4 Å². The number of rotatable bonds is 5. The van der Waals surface area contributed by atoms with E-state index in [2.05, 4.69) is 25.6 Å². The van der Waals surface area contributed by atoms with Gasteiger partial charge in [-0.15, -0.1) is 0 Å². The van der Waals surface area contributed by atoms with Gasteiger partial charge >= 0.3 is 0 Å². The van der Waals surface area contributed by atoms with E-state index in [1.807, 2.05) is 11.0 Å². The van der Waals surface area contributed by atoms with Crippen LogP contribution >= 0.6 is 0 Å². The second-order valence-electron chi connectivity index (χ2n) is 7.14. The number of carbonyl (C=O) groups excluding carboxylic acids is 1. The number of hydrogen-bond acceptors (Lipinski definition) is 8. The van der Waals surface area contributed by atoms with Crippen molar-refractivity contribution in [3.05, 3.63) is 59.9 Å². The molecular formula is C20H21N7O3S. The number of benzene rings is 2. The van der Waals surface area contributed by atoms with Crippen LogP contribution < -0.4 is 20.7 Å². The quantitative estimate of drug-likeness (QED) is 0.546. The minimum Gasteiger partial charge on any atom is -0.336 e. The van der Waals surface area contributed by atoms with Crippen molar-refractivity contribution < 1.29 is 13.2 Å². The Morgan fingerprint density at radius 2 is 1.90 bits per heavy atom. The van der Waals surface area contributed by atoms with Crippen molar-refractivity contribution in [1.29, 1.82) is 0 Å². The van der Waals surface area contributed by atoms with Gasteiger partial charge in [0.1, 0.15) is 6.33 Å². The van der Waals surface area contributed by atoms with E-state index >= 15 is 0 Å². The Morgan fingerprint density at radius 3 is 2.68 bits per heavy atom. The third-order valence-corrected chi connectivity index (χ3v) is 5.71. The molecule has 2 aromatic carbocycles. The maximum Gasteiger partial charge on any atom is 0.238 e. The molecule has 1 aliphatic heterocycles. The summed E-state index contributed by atoms with van der Waals surface area (Å²) in [5, 5.41) is 11.1. The summed E-state index contributed by atoms with van der Waals surface area (Å²) in [5.41, 5.74) is 3.32. The smallest absolute Gasteiger partial charge is 0.238 e. The van der Waals surface area contributed by atoms with Crippen LogP contribution in [0.2, 0.25) is 0 Å². The van der Waals surface area contributed by atoms with Crippen LogP contribution in [0.3, 0.4) is 0 Å². The van der Waals surface area contributed by atoms with Gasteiger partial charge in [0.25, 0.3) is 0 Å². The molecule has 0 aliphatic carbocycles. The number of amides is 1. The van der Waals surface area contributed by atoms with Gasteiger partial charge in [-0.25, -0.2) is 23.5 Å². The third kappa shape index (κ3) is 4.95. The van der Waals surface area contributed by atoms with E-state index in [0.717, 1.165) is 17.5 Å². The minimum absolute atomic E-state index is 0.0881. The molecular weight excluding hydrogens is 418 g/mol. The second-order valence-corrected chi connectivity index (χ2v) is 8.70. The van der Waals surface area contributed by atoms with Gasteiger partial charge < -0.3 is 15.5 Å². The minimum atomic E-state index is -3.77. The lowest BCUT2D eigenvalue weighted by molar-refractivity contribution is -0.114. The fourth-order valence-electron chi connectivity index (χ4n) is 3.39. The average molecular weight is 440 g/mol. The number of aromatic nitrogens is 3. The molecule has 31 heavy (non-hydrogen) atoms. The molecule has 0 fully saturated rings. The first-order chi connectivity index (χ1) is 14.8. The molecule has 1 aromatic heterocycles. The number of fused-ring (bicyclic) bond motifs is 1. The second kappa shape index (κ2) is 8.28. The molecule has 3 aromatic rings. The molecule has 4 rings (SSSR count). The van der Waals surface area contributed by atoms with Gasteiger partial charge in [-0.2, -0.15) is 4.98 Å². The van der Waals surface area contributed by atoms with Gasteiger partial charge in [0.05, 0.1) is 4.90 Å². The normalized spacial score (nSPS) is 13.4. The standard InChI is InChI=1S/C20H21N7O3S/c1-13(28)24-16-3-2-4-17(10-16)25-19-22-12-23-20(26-19)27-8-7-14-5-6-18(31(21,29)30)9-15(14)11-27/h2-6,9-10,12H,7-8,11H2,1H3,(H,24,28)(H2,21,29,30)(H,22,23,25,26). The first-order valence-corrected chi connectivity index (χ1v) is 11.1. The van der Waals surface area contributed by atoms with Gasteiger partial charge in [0.15, 0.2) is 0 Å². The molecule has 0 atom stereocenters. The molecule has 1 aliphatic rings. The third-order valence-electron chi connectivity index (χ3n) is 4.80. The molecule has 2 heterocycles. The molecule has 0 unspecified atom stereocenters. The summed E-state index contributed by atoms with van der Waals surface area (Å²) in [5.74, 6) is 0.673. The predicted molar refractivity (Wildman–Crippen MR) is 116 cm³/mol. The number of nitrogens with one attached hydrogen (secondary N) is 2. The van der Waals surface area contributed by atoms with Crippen LogP contribution in [0, 0.1) is 0 Å².